The van der Waals surface area contributed by atoms with E-state index in [2.05, 4.69) is 15.3 Å². The van der Waals surface area contributed by atoms with Crippen molar-refractivity contribution in [2.75, 3.05) is 19.6 Å². The fourth-order valence-corrected chi connectivity index (χ4v) is 4.61. The molecule has 0 spiro atoms. The average molecular weight is 408 g/mol. The molecule has 0 bridgehead atoms. The molecule has 0 atom stereocenters. The molecule has 0 unspecified atom stereocenters. The highest BCUT2D eigenvalue weighted by Gasteiger charge is 2.29. The molecule has 3 amide bonds. The SMILES string of the molecule is CC(=O)N1CCC(N(Cc2cncs2)C(=O)NCCc2nc(C)cs2)CC1. The minimum atomic E-state index is -0.0575. The highest BCUT2D eigenvalue weighted by Crippen LogP contribution is 2.21. The van der Waals surface area contributed by atoms with Crippen molar-refractivity contribution in [1.82, 2.24) is 25.1 Å². The summed E-state index contributed by atoms with van der Waals surface area (Å²) in [6.07, 6.45) is 4.16. The van der Waals surface area contributed by atoms with Crippen LogP contribution in [0.4, 0.5) is 4.79 Å². The summed E-state index contributed by atoms with van der Waals surface area (Å²) in [5.41, 5.74) is 2.81. The Bertz CT molecular complexity index is 754. The summed E-state index contributed by atoms with van der Waals surface area (Å²) in [6, 6.07) is 0.0720. The van der Waals surface area contributed by atoms with Crippen LogP contribution in [0.15, 0.2) is 17.1 Å². The molecule has 7 nitrogen and oxygen atoms in total. The highest BCUT2D eigenvalue weighted by atomic mass is 32.1. The highest BCUT2D eigenvalue weighted by molar-refractivity contribution is 7.09. The molecule has 0 aromatic carbocycles. The summed E-state index contributed by atoms with van der Waals surface area (Å²) in [6.45, 7) is 6.09. The third-order valence-corrected chi connectivity index (χ3v) is 6.49. The Balaban J connectivity index is 1.58. The van der Waals surface area contributed by atoms with Gasteiger partial charge < -0.3 is 15.1 Å². The van der Waals surface area contributed by atoms with Crippen molar-refractivity contribution in [1.29, 1.82) is 0 Å². The molecule has 9 heteroatoms. The van der Waals surface area contributed by atoms with Crippen molar-refractivity contribution in [3.8, 4) is 0 Å². The van der Waals surface area contributed by atoms with E-state index in [1.807, 2.05) is 28.3 Å². The van der Waals surface area contributed by atoms with Gasteiger partial charge in [0, 0.05) is 61.2 Å². The maximum Gasteiger partial charge on any atom is 0.317 e. The summed E-state index contributed by atoms with van der Waals surface area (Å²) < 4.78 is 0. The van der Waals surface area contributed by atoms with Crippen LogP contribution in [0, 0.1) is 6.92 Å². The third-order valence-electron chi connectivity index (χ3n) is 4.70. The Labute approximate surface area is 167 Å². The third kappa shape index (κ3) is 5.49. The van der Waals surface area contributed by atoms with Crippen LogP contribution in [-0.4, -0.2) is 57.4 Å². The summed E-state index contributed by atoms with van der Waals surface area (Å²) in [4.78, 5) is 37.8. The molecule has 3 rings (SSSR count). The van der Waals surface area contributed by atoms with Crippen molar-refractivity contribution >= 4 is 34.6 Å². The Hall–Kier alpha value is -2.00. The lowest BCUT2D eigenvalue weighted by Crippen LogP contribution is -2.51. The second kappa shape index (κ2) is 9.27. The van der Waals surface area contributed by atoms with E-state index in [-0.39, 0.29) is 18.0 Å². The molecular weight excluding hydrogens is 382 g/mol. The molecule has 0 radical (unpaired) electrons. The zero-order chi connectivity index (χ0) is 19.2. The predicted molar refractivity (Wildman–Crippen MR) is 107 cm³/mol. The minimum absolute atomic E-state index is 0.0575. The maximum atomic E-state index is 12.9. The molecule has 0 saturated carbocycles. The van der Waals surface area contributed by atoms with Crippen LogP contribution in [0.5, 0.6) is 0 Å². The van der Waals surface area contributed by atoms with Crippen molar-refractivity contribution in [3.05, 3.63) is 32.7 Å². The average Bonchev–Trinajstić information content (AvgIpc) is 3.31. The van der Waals surface area contributed by atoms with Crippen LogP contribution in [-0.2, 0) is 17.8 Å². The summed E-state index contributed by atoms with van der Waals surface area (Å²) in [5, 5.41) is 6.10. The molecule has 1 fully saturated rings. The minimum Gasteiger partial charge on any atom is -0.343 e. The number of carbonyl (C=O) groups excluding carboxylic acids is 2. The Morgan fingerprint density at radius 1 is 1.33 bits per heavy atom. The molecule has 1 saturated heterocycles. The Kier molecular flexibility index (Phi) is 6.78. The van der Waals surface area contributed by atoms with Crippen molar-refractivity contribution in [2.45, 2.75) is 45.7 Å². The number of amides is 3. The number of nitrogens with one attached hydrogen (secondary N) is 1. The first-order chi connectivity index (χ1) is 13.0. The zero-order valence-corrected chi connectivity index (χ0v) is 17.3. The van der Waals surface area contributed by atoms with Gasteiger partial charge in [-0.2, -0.15) is 0 Å². The quantitative estimate of drug-likeness (QED) is 0.799. The number of hydrogen-bond acceptors (Lipinski definition) is 6. The van der Waals surface area contributed by atoms with Crippen molar-refractivity contribution in [2.24, 2.45) is 0 Å². The number of aromatic nitrogens is 2. The fourth-order valence-electron chi connectivity index (χ4n) is 3.24. The predicted octanol–water partition coefficient (Wildman–Crippen LogP) is 2.67. The standard InChI is InChI=1S/C18H25N5O2S2/c1-13-11-26-17(21-13)3-6-20-18(25)23(10-16-9-19-12-27-16)15-4-7-22(8-5-15)14(2)24/h9,11-12,15H,3-8,10H2,1-2H3,(H,20,25). The molecule has 0 aliphatic carbocycles. The lowest BCUT2D eigenvalue weighted by molar-refractivity contribution is -0.130. The largest absolute Gasteiger partial charge is 0.343 e. The summed E-state index contributed by atoms with van der Waals surface area (Å²) >= 11 is 3.18. The van der Waals surface area contributed by atoms with Gasteiger partial charge in [0.2, 0.25) is 5.91 Å². The molecule has 1 aliphatic rings. The first kappa shape index (κ1) is 19.8. The number of rotatable bonds is 6. The second-order valence-corrected chi connectivity index (χ2v) is 8.61. The Morgan fingerprint density at radius 3 is 2.70 bits per heavy atom. The number of hydrogen-bond donors (Lipinski definition) is 1. The second-order valence-electron chi connectivity index (χ2n) is 6.70. The number of carbonyl (C=O) groups is 2. The summed E-state index contributed by atoms with van der Waals surface area (Å²) in [5.74, 6) is 0.102. The smallest absolute Gasteiger partial charge is 0.317 e. The molecule has 146 valence electrons. The number of nitrogens with zero attached hydrogens (tertiary/aromatic N) is 4. The van der Waals surface area contributed by atoms with E-state index in [1.54, 1.807) is 35.1 Å². The van der Waals surface area contributed by atoms with Crippen LogP contribution in [0.2, 0.25) is 0 Å². The number of aryl methyl sites for hydroxylation is 1. The molecule has 27 heavy (non-hydrogen) atoms. The van der Waals surface area contributed by atoms with E-state index in [1.165, 1.54) is 0 Å². The van der Waals surface area contributed by atoms with Crippen LogP contribution < -0.4 is 5.32 Å². The number of piperidine rings is 1. The van der Waals surface area contributed by atoms with E-state index in [4.69, 9.17) is 0 Å². The molecule has 1 N–H and O–H groups in total. The van der Waals surface area contributed by atoms with Crippen LogP contribution in [0.3, 0.4) is 0 Å². The van der Waals surface area contributed by atoms with Gasteiger partial charge >= 0.3 is 6.03 Å². The van der Waals surface area contributed by atoms with Crippen molar-refractivity contribution < 1.29 is 9.59 Å². The van der Waals surface area contributed by atoms with E-state index in [9.17, 15) is 9.59 Å². The van der Waals surface area contributed by atoms with Gasteiger partial charge in [-0.3, -0.25) is 9.78 Å². The van der Waals surface area contributed by atoms with Gasteiger partial charge in [-0.05, 0) is 19.8 Å². The number of urea groups is 1. The van der Waals surface area contributed by atoms with Gasteiger partial charge in [0.1, 0.15) is 0 Å². The van der Waals surface area contributed by atoms with Gasteiger partial charge in [0.15, 0.2) is 0 Å². The van der Waals surface area contributed by atoms with E-state index in [0.717, 1.165) is 34.8 Å². The van der Waals surface area contributed by atoms with Crippen LogP contribution >= 0.6 is 22.7 Å². The van der Waals surface area contributed by atoms with Crippen LogP contribution in [0.25, 0.3) is 0 Å². The van der Waals surface area contributed by atoms with Gasteiger partial charge in [-0.1, -0.05) is 0 Å². The lowest BCUT2D eigenvalue weighted by Gasteiger charge is -2.38. The van der Waals surface area contributed by atoms with E-state index < -0.39 is 0 Å². The first-order valence-electron chi connectivity index (χ1n) is 9.11. The van der Waals surface area contributed by atoms with Gasteiger partial charge in [0.25, 0.3) is 0 Å². The number of likely N-dealkylation sites (tertiary alicyclic amines) is 1. The van der Waals surface area contributed by atoms with Crippen molar-refractivity contribution in [3.63, 3.8) is 0 Å². The number of thiazole rings is 2. The maximum absolute atomic E-state index is 12.9. The Morgan fingerprint density at radius 2 is 2.11 bits per heavy atom. The van der Waals surface area contributed by atoms with E-state index in [0.29, 0.717) is 26.2 Å². The molecule has 2 aromatic heterocycles. The molecular formula is C18H25N5O2S2. The zero-order valence-electron chi connectivity index (χ0n) is 15.7. The topological polar surface area (TPSA) is 78.4 Å². The summed E-state index contributed by atoms with van der Waals surface area (Å²) in [7, 11) is 0. The molecule has 2 aromatic rings. The van der Waals surface area contributed by atoms with Gasteiger partial charge in [0.05, 0.1) is 17.1 Å². The first-order valence-corrected chi connectivity index (χ1v) is 10.9. The van der Waals surface area contributed by atoms with Gasteiger partial charge in [-0.25, -0.2) is 9.78 Å². The lowest BCUT2D eigenvalue weighted by atomic mass is 10.0. The molecule has 1 aliphatic heterocycles. The van der Waals surface area contributed by atoms with Gasteiger partial charge in [-0.15, -0.1) is 22.7 Å². The van der Waals surface area contributed by atoms with E-state index >= 15 is 0 Å². The fraction of sp³-hybridized carbons (Fsp3) is 0.556. The normalized spacial score (nSPS) is 15.0. The monoisotopic (exact) mass is 407 g/mol. The molecule has 3 heterocycles. The van der Waals surface area contributed by atoms with Crippen LogP contribution in [0.1, 0.15) is 35.3 Å².